The first-order valence-electron chi connectivity index (χ1n) is 18.1. The lowest BCUT2D eigenvalue weighted by atomic mass is 10.0. The van der Waals surface area contributed by atoms with Crippen LogP contribution in [0.25, 0.3) is 0 Å². The summed E-state index contributed by atoms with van der Waals surface area (Å²) in [5.74, 6) is 0. The summed E-state index contributed by atoms with van der Waals surface area (Å²) in [6.07, 6.45) is 42.1. The van der Waals surface area contributed by atoms with Gasteiger partial charge in [-0.2, -0.15) is 0 Å². The molecule has 0 saturated heterocycles. The molecule has 1 aromatic carbocycles. The number of nitrogens with zero attached hydrogens (tertiary/aromatic N) is 2. The summed E-state index contributed by atoms with van der Waals surface area (Å²) >= 11 is 0. The van der Waals surface area contributed by atoms with Crippen LogP contribution in [-0.4, -0.2) is 17.6 Å². The Morgan fingerprint density at radius 1 is 0.450 bits per heavy atom. The van der Waals surface area contributed by atoms with Crippen LogP contribution in [0.1, 0.15) is 181 Å². The summed E-state index contributed by atoms with van der Waals surface area (Å²) in [6, 6.07) is 11.0. The third kappa shape index (κ3) is 16.7. The first-order chi connectivity index (χ1) is 19.9. The minimum Gasteiger partial charge on any atom is -0.356 e. The fourth-order valence-electron chi connectivity index (χ4n) is 6.38. The third-order valence-corrected chi connectivity index (χ3v) is 9.01. The summed E-state index contributed by atoms with van der Waals surface area (Å²) in [5, 5.41) is 0. The lowest BCUT2D eigenvalue weighted by Crippen LogP contribution is -2.39. The Hall–Kier alpha value is -1.44. The van der Waals surface area contributed by atoms with Gasteiger partial charge in [-0.1, -0.05) is 180 Å². The van der Waals surface area contributed by atoms with E-state index in [2.05, 4.69) is 66.4 Å². The summed E-state index contributed by atoms with van der Waals surface area (Å²) in [7, 11) is 0. The van der Waals surface area contributed by atoms with Gasteiger partial charge in [0.15, 0.2) is 0 Å². The molecular formula is C38H68N2. The van der Waals surface area contributed by atoms with Gasteiger partial charge < -0.3 is 9.80 Å². The zero-order chi connectivity index (χ0) is 28.4. The molecule has 1 aliphatic rings. The van der Waals surface area contributed by atoms with Crippen molar-refractivity contribution in [3.05, 3.63) is 42.7 Å². The quantitative estimate of drug-likeness (QED) is 0.0954. The second kappa shape index (κ2) is 25.3. The van der Waals surface area contributed by atoms with Crippen LogP contribution < -0.4 is 4.90 Å². The van der Waals surface area contributed by atoms with Crippen molar-refractivity contribution in [2.24, 2.45) is 0 Å². The summed E-state index contributed by atoms with van der Waals surface area (Å²) in [4.78, 5) is 5.17. The monoisotopic (exact) mass is 553 g/mol. The van der Waals surface area contributed by atoms with Crippen molar-refractivity contribution in [2.75, 3.05) is 11.4 Å². The predicted molar refractivity (Wildman–Crippen MR) is 180 cm³/mol. The number of unbranched alkanes of at least 4 members (excludes halogenated alkanes) is 23. The molecule has 230 valence electrons. The van der Waals surface area contributed by atoms with Gasteiger partial charge in [0.05, 0.1) is 0 Å². The molecule has 1 unspecified atom stereocenters. The van der Waals surface area contributed by atoms with Crippen molar-refractivity contribution < 1.29 is 0 Å². The van der Waals surface area contributed by atoms with E-state index in [1.165, 1.54) is 179 Å². The minimum absolute atomic E-state index is 0.503. The molecule has 1 heterocycles. The third-order valence-electron chi connectivity index (χ3n) is 9.01. The van der Waals surface area contributed by atoms with Crippen LogP contribution >= 0.6 is 0 Å². The zero-order valence-corrected chi connectivity index (χ0v) is 27.1. The van der Waals surface area contributed by atoms with Gasteiger partial charge in [-0.05, 0) is 31.4 Å². The van der Waals surface area contributed by atoms with Crippen molar-refractivity contribution in [3.63, 3.8) is 0 Å². The number of anilines is 1. The molecule has 0 N–H and O–H groups in total. The molecule has 0 radical (unpaired) electrons. The molecule has 0 aromatic heterocycles. The molecule has 2 heteroatoms. The normalized spacial score (nSPS) is 15.0. The van der Waals surface area contributed by atoms with Crippen LogP contribution in [0, 0.1) is 0 Å². The second-order valence-corrected chi connectivity index (χ2v) is 12.7. The highest BCUT2D eigenvalue weighted by atomic mass is 15.4. The topological polar surface area (TPSA) is 6.48 Å². The Kier molecular flexibility index (Phi) is 22.0. The maximum atomic E-state index is 2.64. The molecule has 0 spiro atoms. The number of para-hydroxylation sites is 1. The van der Waals surface area contributed by atoms with Gasteiger partial charge in [-0.25, -0.2) is 0 Å². The Labute approximate surface area is 251 Å². The molecule has 0 bridgehead atoms. The zero-order valence-electron chi connectivity index (χ0n) is 27.1. The van der Waals surface area contributed by atoms with E-state index in [-0.39, 0.29) is 0 Å². The highest BCUT2D eigenvalue weighted by molar-refractivity contribution is 5.51. The lowest BCUT2D eigenvalue weighted by Gasteiger charge is -2.33. The molecule has 1 atom stereocenters. The molecule has 2 nitrogen and oxygen atoms in total. The van der Waals surface area contributed by atoms with Crippen LogP contribution in [0.3, 0.4) is 0 Å². The van der Waals surface area contributed by atoms with Gasteiger partial charge in [0.1, 0.15) is 6.17 Å². The highest BCUT2D eigenvalue weighted by Gasteiger charge is 2.26. The second-order valence-electron chi connectivity index (χ2n) is 12.7. The van der Waals surface area contributed by atoms with E-state index in [1.54, 1.807) is 0 Å². The minimum atomic E-state index is 0.503. The van der Waals surface area contributed by atoms with Gasteiger partial charge >= 0.3 is 0 Å². The smallest absolute Gasteiger partial charge is 0.105 e. The lowest BCUT2D eigenvalue weighted by molar-refractivity contribution is 0.273. The van der Waals surface area contributed by atoms with Gasteiger partial charge in [0, 0.05) is 24.6 Å². The number of hydrogen-bond acceptors (Lipinski definition) is 2. The summed E-state index contributed by atoms with van der Waals surface area (Å²) < 4.78 is 0. The van der Waals surface area contributed by atoms with Crippen molar-refractivity contribution >= 4 is 5.69 Å². The van der Waals surface area contributed by atoms with E-state index >= 15 is 0 Å². The van der Waals surface area contributed by atoms with Gasteiger partial charge in [-0.3, -0.25) is 0 Å². The number of rotatable bonds is 28. The predicted octanol–water partition coefficient (Wildman–Crippen LogP) is 12.8. The molecule has 0 fully saturated rings. The van der Waals surface area contributed by atoms with Crippen molar-refractivity contribution in [3.8, 4) is 0 Å². The Bertz CT molecular complexity index is 684. The SMILES string of the molecule is CCCCCCCCCCCCCCCCCN1C=CN(c2ccccc2)C1CCCCCCCCCCCC. The van der Waals surface area contributed by atoms with E-state index in [9.17, 15) is 0 Å². The van der Waals surface area contributed by atoms with Gasteiger partial charge in [0.25, 0.3) is 0 Å². The molecule has 0 amide bonds. The van der Waals surface area contributed by atoms with Crippen LogP contribution in [-0.2, 0) is 0 Å². The maximum Gasteiger partial charge on any atom is 0.105 e. The van der Waals surface area contributed by atoms with Gasteiger partial charge in [0.2, 0.25) is 0 Å². The molecule has 40 heavy (non-hydrogen) atoms. The molecular weight excluding hydrogens is 484 g/mol. The van der Waals surface area contributed by atoms with Crippen LogP contribution in [0.5, 0.6) is 0 Å². The van der Waals surface area contributed by atoms with Gasteiger partial charge in [-0.15, -0.1) is 0 Å². The van der Waals surface area contributed by atoms with Crippen molar-refractivity contribution in [1.82, 2.24) is 4.90 Å². The first kappa shape index (κ1) is 34.8. The maximum absolute atomic E-state index is 2.64. The van der Waals surface area contributed by atoms with Crippen molar-refractivity contribution in [2.45, 2.75) is 187 Å². The molecule has 1 aliphatic heterocycles. The Morgan fingerprint density at radius 2 is 0.850 bits per heavy atom. The molecule has 2 rings (SSSR count). The fourth-order valence-corrected chi connectivity index (χ4v) is 6.38. The van der Waals surface area contributed by atoms with Crippen LogP contribution in [0.15, 0.2) is 42.7 Å². The fraction of sp³-hybridized carbons (Fsp3) is 0.789. The number of benzene rings is 1. The van der Waals surface area contributed by atoms with E-state index in [4.69, 9.17) is 0 Å². The summed E-state index contributed by atoms with van der Waals surface area (Å²) in [6.45, 7) is 5.82. The van der Waals surface area contributed by atoms with E-state index in [0.717, 1.165) is 0 Å². The Balaban J connectivity index is 1.54. The molecule has 1 aromatic rings. The largest absolute Gasteiger partial charge is 0.356 e. The van der Waals surface area contributed by atoms with Crippen LogP contribution in [0.2, 0.25) is 0 Å². The van der Waals surface area contributed by atoms with Crippen LogP contribution in [0.4, 0.5) is 5.69 Å². The highest BCUT2D eigenvalue weighted by Crippen LogP contribution is 2.28. The average Bonchev–Trinajstić information content (AvgIpc) is 3.39. The van der Waals surface area contributed by atoms with E-state index < -0.39 is 0 Å². The van der Waals surface area contributed by atoms with E-state index in [1.807, 2.05) is 0 Å². The Morgan fingerprint density at radius 3 is 1.30 bits per heavy atom. The summed E-state index contributed by atoms with van der Waals surface area (Å²) in [5.41, 5.74) is 1.34. The standard InChI is InChI=1S/C38H68N2/c1-3-5-7-9-11-13-15-16-17-18-19-21-23-25-30-34-39-35-36-40(37-31-27-26-28-32-37)38(39)33-29-24-22-20-14-12-10-8-6-4-2/h26-28,31-32,35-36,38H,3-25,29-30,33-34H2,1-2H3. The first-order valence-corrected chi connectivity index (χ1v) is 18.1. The average molecular weight is 553 g/mol. The van der Waals surface area contributed by atoms with E-state index in [0.29, 0.717) is 6.17 Å². The molecule has 0 aliphatic carbocycles. The molecule has 0 saturated carbocycles. The van der Waals surface area contributed by atoms with Crippen molar-refractivity contribution in [1.29, 1.82) is 0 Å². The number of hydrogen-bond donors (Lipinski definition) is 0.